The third-order valence-corrected chi connectivity index (χ3v) is 1.77. The van der Waals surface area contributed by atoms with Crippen molar-refractivity contribution in [2.45, 2.75) is 25.3 Å². The first-order valence-electron chi connectivity index (χ1n) is 4.06. The van der Waals surface area contributed by atoms with Gasteiger partial charge in [0, 0.05) is 0 Å². The molecule has 1 saturated carbocycles. The van der Waals surface area contributed by atoms with Crippen molar-refractivity contribution in [3.8, 4) is 0 Å². The van der Waals surface area contributed by atoms with Gasteiger partial charge in [-0.2, -0.15) is 0 Å². The first-order valence-corrected chi connectivity index (χ1v) is 4.06. The molecule has 12 heavy (non-hydrogen) atoms. The molecule has 4 heteroatoms. The monoisotopic (exact) mass is 172 g/mol. The van der Waals surface area contributed by atoms with E-state index in [0.717, 1.165) is 0 Å². The Morgan fingerprint density at radius 3 is 2.42 bits per heavy atom. The van der Waals surface area contributed by atoms with Crippen LogP contribution in [0.3, 0.4) is 0 Å². The normalized spacial score (nSPS) is 17.2. The minimum absolute atomic E-state index is 0.313. The molecule has 1 fully saturated rings. The SMILES string of the molecule is CN.NC(CC1CC1)C(=O)C=O. The van der Waals surface area contributed by atoms with Crippen LogP contribution in [-0.4, -0.2) is 25.2 Å². The quantitative estimate of drug-likeness (QED) is 0.440. The molecule has 0 bridgehead atoms. The summed E-state index contributed by atoms with van der Waals surface area (Å²) in [7, 11) is 1.50. The average Bonchev–Trinajstić information content (AvgIpc) is 2.90. The molecule has 0 aromatic rings. The summed E-state index contributed by atoms with van der Waals surface area (Å²) < 4.78 is 0. The number of hydrogen-bond donors (Lipinski definition) is 2. The largest absolute Gasteiger partial charge is 0.333 e. The molecule has 4 nitrogen and oxygen atoms in total. The summed E-state index contributed by atoms with van der Waals surface area (Å²) in [5, 5.41) is 0. The maximum absolute atomic E-state index is 10.6. The summed E-state index contributed by atoms with van der Waals surface area (Å²) in [6.07, 6.45) is 3.34. The Morgan fingerprint density at radius 2 is 2.08 bits per heavy atom. The predicted molar refractivity (Wildman–Crippen MR) is 46.5 cm³/mol. The molecule has 1 rings (SSSR count). The number of aldehydes is 1. The van der Waals surface area contributed by atoms with Crippen LogP contribution >= 0.6 is 0 Å². The molecular weight excluding hydrogens is 156 g/mol. The first kappa shape index (κ1) is 11.3. The summed E-state index contributed by atoms with van der Waals surface area (Å²) in [4.78, 5) is 20.5. The van der Waals surface area contributed by atoms with E-state index in [-0.39, 0.29) is 0 Å². The fourth-order valence-corrected chi connectivity index (χ4v) is 0.916. The van der Waals surface area contributed by atoms with Gasteiger partial charge >= 0.3 is 0 Å². The number of rotatable bonds is 4. The highest BCUT2D eigenvalue weighted by atomic mass is 16.2. The van der Waals surface area contributed by atoms with E-state index in [9.17, 15) is 9.59 Å². The van der Waals surface area contributed by atoms with Crippen LogP contribution in [0.25, 0.3) is 0 Å². The fraction of sp³-hybridized carbons (Fsp3) is 0.750. The molecule has 1 unspecified atom stereocenters. The van der Waals surface area contributed by atoms with E-state index in [0.29, 0.717) is 18.6 Å². The van der Waals surface area contributed by atoms with Gasteiger partial charge in [0.15, 0.2) is 6.29 Å². The van der Waals surface area contributed by atoms with Gasteiger partial charge < -0.3 is 11.5 Å². The molecule has 0 saturated heterocycles. The molecule has 1 aliphatic carbocycles. The molecule has 0 aliphatic heterocycles. The standard InChI is InChI=1S/C7H11NO2.CH5N/c8-6(7(10)4-9)3-5-1-2-5;1-2/h4-6H,1-3,8H2;2H2,1H3. The lowest BCUT2D eigenvalue weighted by Gasteiger charge is -2.02. The Balaban J connectivity index is 0.000000561. The van der Waals surface area contributed by atoms with Crippen molar-refractivity contribution < 1.29 is 9.59 Å². The van der Waals surface area contributed by atoms with E-state index < -0.39 is 11.8 Å². The topological polar surface area (TPSA) is 86.2 Å². The van der Waals surface area contributed by atoms with Crippen molar-refractivity contribution in [3.05, 3.63) is 0 Å². The third-order valence-electron chi connectivity index (χ3n) is 1.77. The third kappa shape index (κ3) is 4.20. The first-order chi connectivity index (χ1) is 5.74. The summed E-state index contributed by atoms with van der Waals surface area (Å²) in [5.41, 5.74) is 9.89. The molecule has 0 aromatic heterocycles. The highest BCUT2D eigenvalue weighted by molar-refractivity contribution is 6.27. The number of carbonyl (C=O) groups is 2. The van der Waals surface area contributed by atoms with E-state index in [1.807, 2.05) is 0 Å². The zero-order valence-electron chi connectivity index (χ0n) is 7.32. The number of Topliss-reactive ketones (excluding diaryl/α,β-unsaturated/α-hetero) is 1. The Hall–Kier alpha value is -0.740. The Kier molecular flexibility index (Phi) is 5.49. The van der Waals surface area contributed by atoms with E-state index in [1.54, 1.807) is 0 Å². The lowest BCUT2D eigenvalue weighted by molar-refractivity contribution is -0.130. The lowest BCUT2D eigenvalue weighted by atomic mass is 10.1. The minimum atomic E-state index is -0.537. The smallest absolute Gasteiger partial charge is 0.211 e. The van der Waals surface area contributed by atoms with Crippen LogP contribution in [0, 0.1) is 5.92 Å². The van der Waals surface area contributed by atoms with E-state index in [2.05, 4.69) is 5.73 Å². The predicted octanol–water partition coefficient (Wildman–Crippen LogP) is -0.543. The molecule has 1 atom stereocenters. The highest BCUT2D eigenvalue weighted by Crippen LogP contribution is 2.33. The van der Waals surface area contributed by atoms with Crippen molar-refractivity contribution in [1.29, 1.82) is 0 Å². The summed E-state index contributed by atoms with van der Waals surface area (Å²) in [6.45, 7) is 0. The van der Waals surface area contributed by atoms with Crippen LogP contribution in [0.1, 0.15) is 19.3 Å². The average molecular weight is 172 g/mol. The molecule has 1 aliphatic rings. The van der Waals surface area contributed by atoms with Crippen LogP contribution < -0.4 is 11.5 Å². The van der Waals surface area contributed by atoms with Gasteiger partial charge in [0.1, 0.15) is 0 Å². The van der Waals surface area contributed by atoms with Crippen LogP contribution in [0.2, 0.25) is 0 Å². The van der Waals surface area contributed by atoms with Gasteiger partial charge in [0.2, 0.25) is 5.78 Å². The molecule has 0 amide bonds. The zero-order chi connectivity index (χ0) is 9.56. The van der Waals surface area contributed by atoms with Crippen molar-refractivity contribution >= 4 is 12.1 Å². The second-order valence-corrected chi connectivity index (χ2v) is 2.81. The minimum Gasteiger partial charge on any atom is -0.333 e. The fourth-order valence-electron chi connectivity index (χ4n) is 0.916. The van der Waals surface area contributed by atoms with Gasteiger partial charge in [-0.15, -0.1) is 0 Å². The van der Waals surface area contributed by atoms with Crippen LogP contribution in [0.15, 0.2) is 0 Å². The van der Waals surface area contributed by atoms with Crippen molar-refractivity contribution in [3.63, 3.8) is 0 Å². The Bertz CT molecular complexity index is 155. The highest BCUT2D eigenvalue weighted by Gasteiger charge is 2.26. The zero-order valence-corrected chi connectivity index (χ0v) is 7.32. The van der Waals surface area contributed by atoms with Gasteiger partial charge in [-0.25, -0.2) is 0 Å². The second-order valence-electron chi connectivity index (χ2n) is 2.81. The number of nitrogens with two attached hydrogens (primary N) is 2. The number of carbonyl (C=O) groups excluding carboxylic acids is 2. The van der Waals surface area contributed by atoms with Crippen molar-refractivity contribution in [1.82, 2.24) is 0 Å². The molecule has 0 aromatic carbocycles. The maximum atomic E-state index is 10.6. The van der Waals surface area contributed by atoms with Crippen molar-refractivity contribution in [2.24, 2.45) is 17.4 Å². The Morgan fingerprint density at radius 1 is 1.58 bits per heavy atom. The number of hydrogen-bond acceptors (Lipinski definition) is 4. The second kappa shape index (κ2) is 5.85. The molecular formula is C8H16N2O2. The van der Waals surface area contributed by atoms with Crippen LogP contribution in [0.4, 0.5) is 0 Å². The van der Waals surface area contributed by atoms with Gasteiger partial charge in [-0.3, -0.25) is 9.59 Å². The van der Waals surface area contributed by atoms with Crippen LogP contribution in [0.5, 0.6) is 0 Å². The maximum Gasteiger partial charge on any atom is 0.211 e. The van der Waals surface area contributed by atoms with Gasteiger partial charge in [-0.1, -0.05) is 12.8 Å². The summed E-state index contributed by atoms with van der Waals surface area (Å²) >= 11 is 0. The molecule has 0 spiro atoms. The van der Waals surface area contributed by atoms with E-state index in [1.165, 1.54) is 19.9 Å². The molecule has 70 valence electrons. The summed E-state index contributed by atoms with van der Waals surface area (Å²) in [6, 6.07) is -0.537. The number of ketones is 1. The van der Waals surface area contributed by atoms with Crippen molar-refractivity contribution in [2.75, 3.05) is 7.05 Å². The van der Waals surface area contributed by atoms with Crippen LogP contribution in [-0.2, 0) is 9.59 Å². The van der Waals surface area contributed by atoms with Gasteiger partial charge in [0.25, 0.3) is 0 Å². The van der Waals surface area contributed by atoms with E-state index >= 15 is 0 Å². The molecule has 0 radical (unpaired) electrons. The molecule has 4 N–H and O–H groups in total. The summed E-state index contributed by atoms with van der Waals surface area (Å²) in [5.74, 6) is 0.144. The van der Waals surface area contributed by atoms with Gasteiger partial charge in [-0.05, 0) is 19.4 Å². The Labute approximate surface area is 72.3 Å². The lowest BCUT2D eigenvalue weighted by Crippen LogP contribution is -2.31. The molecule has 0 heterocycles. The van der Waals surface area contributed by atoms with Gasteiger partial charge in [0.05, 0.1) is 6.04 Å². The van der Waals surface area contributed by atoms with E-state index in [4.69, 9.17) is 5.73 Å².